The number of nitrogens with one attached hydrogen (secondary N) is 1. The van der Waals surface area contributed by atoms with Crippen molar-refractivity contribution in [3.05, 3.63) is 32.7 Å². The van der Waals surface area contributed by atoms with Gasteiger partial charge in [-0.05, 0) is 56.0 Å². The topological polar surface area (TPSA) is 35.5 Å². The van der Waals surface area contributed by atoms with Crippen LogP contribution in [0.2, 0.25) is 0 Å². The van der Waals surface area contributed by atoms with Gasteiger partial charge in [0.05, 0.1) is 0 Å². The van der Waals surface area contributed by atoms with E-state index < -0.39 is 0 Å². The maximum atomic E-state index is 9.29. The van der Waals surface area contributed by atoms with E-state index in [9.17, 15) is 5.11 Å². The summed E-state index contributed by atoms with van der Waals surface area (Å²) in [5.41, 5.74) is 1.26. The Labute approximate surface area is 125 Å². The van der Waals surface area contributed by atoms with Crippen molar-refractivity contribution in [2.24, 2.45) is 0 Å². The highest BCUT2D eigenvalue weighted by Crippen LogP contribution is 2.30. The quantitative estimate of drug-likeness (QED) is 0.846. The molecule has 0 unspecified atom stereocenters. The number of halogens is 2. The predicted octanol–water partition coefficient (Wildman–Crippen LogP) is 2.54. The van der Waals surface area contributed by atoms with Gasteiger partial charge in [0.15, 0.2) is 0 Å². The highest BCUT2D eigenvalue weighted by Gasteiger charge is 2.22. The lowest BCUT2D eigenvalue weighted by Crippen LogP contribution is -2.45. The molecule has 2 N–H and O–H groups in total. The van der Waals surface area contributed by atoms with Crippen LogP contribution in [0.15, 0.2) is 27.1 Å². The van der Waals surface area contributed by atoms with Crippen molar-refractivity contribution in [2.75, 3.05) is 32.8 Å². The monoisotopic (exact) mass is 376 g/mol. The molecule has 18 heavy (non-hydrogen) atoms. The Morgan fingerprint density at radius 1 is 1.22 bits per heavy atom. The lowest BCUT2D eigenvalue weighted by molar-refractivity contribution is 0.141. The van der Waals surface area contributed by atoms with Crippen LogP contribution >= 0.6 is 31.9 Å². The zero-order chi connectivity index (χ0) is 13.0. The first-order valence-corrected chi connectivity index (χ1v) is 7.81. The van der Waals surface area contributed by atoms with Gasteiger partial charge in [-0.1, -0.05) is 6.07 Å². The van der Waals surface area contributed by atoms with Crippen LogP contribution in [0.25, 0.3) is 0 Å². The average molecular weight is 378 g/mol. The number of benzene rings is 1. The molecule has 0 saturated carbocycles. The van der Waals surface area contributed by atoms with E-state index in [1.807, 2.05) is 0 Å². The number of nitrogens with zero attached hydrogens (tertiary/aromatic N) is 1. The Balaban J connectivity index is 2.19. The zero-order valence-electron chi connectivity index (χ0n) is 10.2. The molecule has 1 aliphatic rings. The zero-order valence-corrected chi connectivity index (χ0v) is 13.4. The van der Waals surface area contributed by atoms with Crippen LogP contribution in [-0.2, 0) is 0 Å². The molecular weight excluding hydrogens is 360 g/mol. The highest BCUT2D eigenvalue weighted by molar-refractivity contribution is 9.13. The first-order chi connectivity index (χ1) is 8.72. The molecule has 1 saturated heterocycles. The van der Waals surface area contributed by atoms with Gasteiger partial charge in [-0.15, -0.1) is 0 Å². The average Bonchev–Trinajstić information content (AvgIpc) is 2.40. The van der Waals surface area contributed by atoms with E-state index in [1.54, 1.807) is 0 Å². The summed E-state index contributed by atoms with van der Waals surface area (Å²) in [4.78, 5) is 2.45. The molecule has 0 aromatic heterocycles. The third-order valence-corrected chi connectivity index (χ3v) is 5.20. The van der Waals surface area contributed by atoms with Crippen molar-refractivity contribution in [3.63, 3.8) is 0 Å². The van der Waals surface area contributed by atoms with Gasteiger partial charge in [0.1, 0.15) is 0 Å². The molecule has 0 aliphatic carbocycles. The van der Waals surface area contributed by atoms with Crippen molar-refractivity contribution in [1.29, 1.82) is 0 Å². The molecule has 1 aromatic rings. The summed E-state index contributed by atoms with van der Waals surface area (Å²) >= 11 is 7.04. The SMILES string of the molecule is OCC[C@@H](c1ccc(Br)c(Br)c1)N1CCNCC1. The Bertz CT molecular complexity index is 395. The smallest absolute Gasteiger partial charge is 0.0449 e. The molecule has 2 rings (SSSR count). The molecule has 100 valence electrons. The summed E-state index contributed by atoms with van der Waals surface area (Å²) < 4.78 is 2.13. The minimum Gasteiger partial charge on any atom is -0.396 e. The molecule has 0 amide bonds. The van der Waals surface area contributed by atoms with Crippen molar-refractivity contribution in [3.8, 4) is 0 Å². The molecule has 1 aromatic carbocycles. The number of rotatable bonds is 4. The fourth-order valence-electron chi connectivity index (χ4n) is 2.40. The van der Waals surface area contributed by atoms with Crippen molar-refractivity contribution < 1.29 is 5.11 Å². The fraction of sp³-hybridized carbons (Fsp3) is 0.538. The predicted molar refractivity (Wildman–Crippen MR) is 80.7 cm³/mol. The van der Waals surface area contributed by atoms with Gasteiger partial charge in [-0.3, -0.25) is 4.90 Å². The second-order valence-electron chi connectivity index (χ2n) is 4.49. The maximum absolute atomic E-state index is 9.29. The second-order valence-corrected chi connectivity index (χ2v) is 6.20. The summed E-state index contributed by atoms with van der Waals surface area (Å²) in [7, 11) is 0. The first-order valence-electron chi connectivity index (χ1n) is 6.23. The van der Waals surface area contributed by atoms with Crippen LogP contribution in [0.5, 0.6) is 0 Å². The summed E-state index contributed by atoms with van der Waals surface area (Å²) in [5, 5.41) is 12.7. The van der Waals surface area contributed by atoms with Crippen LogP contribution < -0.4 is 5.32 Å². The fourth-order valence-corrected chi connectivity index (χ4v) is 3.04. The lowest BCUT2D eigenvalue weighted by Gasteiger charge is -2.35. The standard InChI is InChI=1S/C13H18Br2N2O/c14-11-2-1-10(9-12(11)15)13(3-8-18)17-6-4-16-5-7-17/h1-2,9,13,16,18H,3-8H2/t13-/m0/s1. The Kier molecular flexibility index (Phi) is 5.63. The van der Waals surface area contributed by atoms with Gasteiger partial charge < -0.3 is 10.4 Å². The number of aliphatic hydroxyl groups is 1. The van der Waals surface area contributed by atoms with Crippen molar-refractivity contribution in [1.82, 2.24) is 10.2 Å². The molecule has 0 bridgehead atoms. The second kappa shape index (κ2) is 7.01. The summed E-state index contributed by atoms with van der Waals surface area (Å²) in [6.45, 7) is 4.36. The summed E-state index contributed by atoms with van der Waals surface area (Å²) in [6, 6.07) is 6.65. The van der Waals surface area contributed by atoms with Crippen LogP contribution in [0.1, 0.15) is 18.0 Å². The van der Waals surface area contributed by atoms with Gasteiger partial charge >= 0.3 is 0 Å². The molecule has 1 fully saturated rings. The van der Waals surface area contributed by atoms with E-state index >= 15 is 0 Å². The normalized spacial score (nSPS) is 18.8. The number of piperazine rings is 1. The van der Waals surface area contributed by atoms with Gasteiger partial charge in [-0.25, -0.2) is 0 Å². The molecule has 1 atom stereocenters. The van der Waals surface area contributed by atoms with Crippen LogP contribution in [-0.4, -0.2) is 42.8 Å². The molecule has 5 heteroatoms. The summed E-state index contributed by atoms with van der Waals surface area (Å²) in [5.74, 6) is 0. The van der Waals surface area contributed by atoms with Crippen LogP contribution in [0.4, 0.5) is 0 Å². The van der Waals surface area contributed by atoms with Crippen molar-refractivity contribution in [2.45, 2.75) is 12.5 Å². The largest absolute Gasteiger partial charge is 0.396 e. The Morgan fingerprint density at radius 2 is 1.94 bits per heavy atom. The molecule has 0 spiro atoms. The van der Waals surface area contributed by atoms with Gasteiger partial charge in [0.2, 0.25) is 0 Å². The van der Waals surface area contributed by atoms with E-state index in [-0.39, 0.29) is 6.61 Å². The molecule has 0 radical (unpaired) electrons. The highest BCUT2D eigenvalue weighted by atomic mass is 79.9. The van der Waals surface area contributed by atoms with E-state index in [2.05, 4.69) is 60.3 Å². The van der Waals surface area contributed by atoms with Crippen LogP contribution in [0, 0.1) is 0 Å². The third-order valence-electron chi connectivity index (χ3n) is 3.32. The lowest BCUT2D eigenvalue weighted by atomic mass is 10.0. The molecule has 3 nitrogen and oxygen atoms in total. The van der Waals surface area contributed by atoms with Gasteiger partial charge in [0, 0.05) is 47.8 Å². The van der Waals surface area contributed by atoms with Gasteiger partial charge in [-0.2, -0.15) is 0 Å². The molecule has 1 aliphatic heterocycles. The number of hydrogen-bond acceptors (Lipinski definition) is 3. The van der Waals surface area contributed by atoms with Crippen molar-refractivity contribution >= 4 is 31.9 Å². The minimum atomic E-state index is 0.224. The van der Waals surface area contributed by atoms with E-state index in [1.165, 1.54) is 5.56 Å². The maximum Gasteiger partial charge on any atom is 0.0449 e. The minimum absolute atomic E-state index is 0.224. The van der Waals surface area contributed by atoms with E-state index in [0.29, 0.717) is 6.04 Å². The third kappa shape index (κ3) is 3.54. The van der Waals surface area contributed by atoms with E-state index in [0.717, 1.165) is 41.5 Å². The number of hydrogen-bond donors (Lipinski definition) is 2. The Morgan fingerprint density at radius 3 is 2.56 bits per heavy atom. The Hall–Kier alpha value is 0.0600. The number of aliphatic hydroxyl groups excluding tert-OH is 1. The van der Waals surface area contributed by atoms with E-state index in [4.69, 9.17) is 0 Å². The van der Waals surface area contributed by atoms with Gasteiger partial charge in [0.25, 0.3) is 0 Å². The summed E-state index contributed by atoms with van der Waals surface area (Å²) in [6.07, 6.45) is 0.786. The molecule has 1 heterocycles. The van der Waals surface area contributed by atoms with Crippen LogP contribution in [0.3, 0.4) is 0 Å². The molecular formula is C13H18Br2N2O. The first kappa shape index (κ1) is 14.5.